The Morgan fingerprint density at radius 2 is 1.77 bits per heavy atom. The highest BCUT2D eigenvalue weighted by Crippen LogP contribution is 2.28. The van der Waals surface area contributed by atoms with Crippen molar-refractivity contribution in [2.24, 2.45) is 0 Å². The standard InChI is InChI=1S/C22H17FN4O2S/c23-16-4-2-15(3-5-16)19-10-11-20(30-19)22(29)24-14-21(28)26-17-6-8-18(9-7-17)27-13-1-12-25-27/h1-13H,14H2,(H,24,29)(H,26,28). The number of carbonyl (C=O) groups excluding carboxylic acids is 2. The molecule has 0 spiro atoms. The fourth-order valence-corrected chi connectivity index (χ4v) is 3.73. The lowest BCUT2D eigenvalue weighted by atomic mass is 10.2. The van der Waals surface area contributed by atoms with E-state index in [1.165, 1.54) is 23.5 Å². The molecule has 8 heteroatoms. The number of halogens is 1. The van der Waals surface area contributed by atoms with Crippen molar-refractivity contribution in [1.29, 1.82) is 0 Å². The summed E-state index contributed by atoms with van der Waals surface area (Å²) in [5, 5.41) is 9.50. The lowest BCUT2D eigenvalue weighted by Crippen LogP contribution is -2.32. The second-order valence-corrected chi connectivity index (χ2v) is 7.48. The lowest BCUT2D eigenvalue weighted by Gasteiger charge is -2.07. The first-order chi connectivity index (χ1) is 14.6. The van der Waals surface area contributed by atoms with Crippen molar-refractivity contribution >= 4 is 28.8 Å². The molecule has 4 aromatic rings. The minimum atomic E-state index is -0.336. The summed E-state index contributed by atoms with van der Waals surface area (Å²) in [6.45, 7) is -0.149. The monoisotopic (exact) mass is 420 g/mol. The molecule has 2 amide bonds. The average Bonchev–Trinajstić information content (AvgIpc) is 3.46. The third kappa shape index (κ3) is 4.61. The van der Waals surface area contributed by atoms with Gasteiger partial charge in [-0.15, -0.1) is 11.3 Å². The van der Waals surface area contributed by atoms with Gasteiger partial charge in [0.05, 0.1) is 17.1 Å². The average molecular weight is 420 g/mol. The van der Waals surface area contributed by atoms with E-state index in [0.717, 1.165) is 16.1 Å². The van der Waals surface area contributed by atoms with Crippen LogP contribution in [0.1, 0.15) is 9.67 Å². The van der Waals surface area contributed by atoms with E-state index < -0.39 is 0 Å². The molecule has 0 radical (unpaired) electrons. The number of carbonyl (C=O) groups is 2. The van der Waals surface area contributed by atoms with Gasteiger partial charge in [0, 0.05) is 23.0 Å². The van der Waals surface area contributed by atoms with Gasteiger partial charge in [-0.05, 0) is 60.2 Å². The van der Waals surface area contributed by atoms with Crippen LogP contribution in [0.4, 0.5) is 10.1 Å². The summed E-state index contributed by atoms with van der Waals surface area (Å²) in [6.07, 6.45) is 3.52. The number of nitrogens with one attached hydrogen (secondary N) is 2. The van der Waals surface area contributed by atoms with Crippen molar-refractivity contribution in [3.63, 3.8) is 0 Å². The van der Waals surface area contributed by atoms with E-state index in [4.69, 9.17) is 0 Å². The number of anilines is 1. The SMILES string of the molecule is O=C(CNC(=O)c1ccc(-c2ccc(F)cc2)s1)Nc1ccc(-n2cccn2)cc1. The van der Waals surface area contributed by atoms with Crippen molar-refractivity contribution < 1.29 is 14.0 Å². The second-order valence-electron chi connectivity index (χ2n) is 6.40. The molecule has 2 aromatic carbocycles. The fourth-order valence-electron chi connectivity index (χ4n) is 2.80. The van der Waals surface area contributed by atoms with Crippen LogP contribution in [0.3, 0.4) is 0 Å². The highest BCUT2D eigenvalue weighted by atomic mass is 32.1. The predicted molar refractivity (Wildman–Crippen MR) is 114 cm³/mol. The molecular weight excluding hydrogens is 403 g/mol. The summed E-state index contributed by atoms with van der Waals surface area (Å²) >= 11 is 1.28. The smallest absolute Gasteiger partial charge is 0.261 e. The van der Waals surface area contributed by atoms with E-state index in [2.05, 4.69) is 15.7 Å². The van der Waals surface area contributed by atoms with Crippen LogP contribution >= 0.6 is 11.3 Å². The molecule has 6 nitrogen and oxygen atoms in total. The molecule has 2 N–H and O–H groups in total. The summed E-state index contributed by atoms with van der Waals surface area (Å²) in [5.41, 5.74) is 2.33. The maximum atomic E-state index is 13.0. The highest BCUT2D eigenvalue weighted by Gasteiger charge is 2.12. The van der Waals surface area contributed by atoms with Crippen LogP contribution in [0.15, 0.2) is 79.1 Å². The van der Waals surface area contributed by atoms with Crippen LogP contribution in [0.2, 0.25) is 0 Å². The van der Waals surface area contributed by atoms with Gasteiger partial charge < -0.3 is 10.6 Å². The van der Waals surface area contributed by atoms with Crippen LogP contribution in [0.25, 0.3) is 16.1 Å². The van der Waals surface area contributed by atoms with E-state index in [9.17, 15) is 14.0 Å². The largest absolute Gasteiger partial charge is 0.342 e. The summed E-state index contributed by atoms with van der Waals surface area (Å²) in [5.74, 6) is -0.974. The van der Waals surface area contributed by atoms with Crippen molar-refractivity contribution in [2.75, 3.05) is 11.9 Å². The van der Waals surface area contributed by atoms with Crippen LogP contribution < -0.4 is 10.6 Å². The van der Waals surface area contributed by atoms with Gasteiger partial charge in [0.15, 0.2) is 0 Å². The second kappa shape index (κ2) is 8.71. The van der Waals surface area contributed by atoms with Crippen LogP contribution in [-0.2, 0) is 4.79 Å². The topological polar surface area (TPSA) is 76.0 Å². The Morgan fingerprint density at radius 1 is 1.00 bits per heavy atom. The zero-order valence-corrected chi connectivity index (χ0v) is 16.5. The predicted octanol–water partition coefficient (Wildman–Crippen LogP) is 4.11. The van der Waals surface area contributed by atoms with Crippen LogP contribution in [-0.4, -0.2) is 28.1 Å². The van der Waals surface area contributed by atoms with Gasteiger partial charge in [-0.1, -0.05) is 12.1 Å². The Morgan fingerprint density at radius 3 is 2.47 bits per heavy atom. The highest BCUT2D eigenvalue weighted by molar-refractivity contribution is 7.17. The van der Waals surface area contributed by atoms with Gasteiger partial charge in [0.1, 0.15) is 5.82 Å². The normalized spacial score (nSPS) is 10.6. The zero-order valence-electron chi connectivity index (χ0n) is 15.7. The number of aromatic nitrogens is 2. The maximum Gasteiger partial charge on any atom is 0.261 e. The minimum absolute atomic E-state index is 0.149. The molecule has 30 heavy (non-hydrogen) atoms. The van der Waals surface area contributed by atoms with Crippen LogP contribution in [0, 0.1) is 5.82 Å². The Balaban J connectivity index is 1.30. The summed E-state index contributed by atoms with van der Waals surface area (Å²) in [7, 11) is 0. The third-order valence-electron chi connectivity index (χ3n) is 4.29. The van der Waals surface area contributed by atoms with Gasteiger partial charge in [0.25, 0.3) is 5.91 Å². The van der Waals surface area contributed by atoms with Crippen molar-refractivity contribution in [2.45, 2.75) is 0 Å². The summed E-state index contributed by atoms with van der Waals surface area (Å²) in [6, 6.07) is 18.6. The number of amides is 2. The van der Waals surface area contributed by atoms with E-state index in [-0.39, 0.29) is 24.2 Å². The van der Waals surface area contributed by atoms with E-state index >= 15 is 0 Å². The molecule has 0 aliphatic heterocycles. The van der Waals surface area contributed by atoms with Crippen molar-refractivity contribution in [3.05, 3.63) is 89.8 Å². The molecule has 0 unspecified atom stereocenters. The quantitative estimate of drug-likeness (QED) is 0.493. The molecular formula is C22H17FN4O2S. The van der Waals surface area contributed by atoms with Gasteiger partial charge in [-0.25, -0.2) is 9.07 Å². The molecule has 0 fully saturated rings. The van der Waals surface area contributed by atoms with Crippen molar-refractivity contribution in [1.82, 2.24) is 15.1 Å². The van der Waals surface area contributed by atoms with Gasteiger partial charge in [-0.2, -0.15) is 5.10 Å². The van der Waals surface area contributed by atoms with Gasteiger partial charge >= 0.3 is 0 Å². The van der Waals surface area contributed by atoms with E-state index in [1.807, 2.05) is 24.4 Å². The first-order valence-electron chi connectivity index (χ1n) is 9.12. The first kappa shape index (κ1) is 19.5. The molecule has 4 rings (SSSR count). The number of benzene rings is 2. The molecule has 2 aromatic heterocycles. The molecule has 0 atom stereocenters. The fraction of sp³-hybridized carbons (Fsp3) is 0.0455. The summed E-state index contributed by atoms with van der Waals surface area (Å²) < 4.78 is 14.8. The Hall–Kier alpha value is -3.78. The minimum Gasteiger partial charge on any atom is -0.342 e. The molecule has 2 heterocycles. The first-order valence-corrected chi connectivity index (χ1v) is 9.94. The Labute approximate surface area is 176 Å². The maximum absolute atomic E-state index is 13.0. The van der Waals surface area contributed by atoms with Gasteiger partial charge in [0.2, 0.25) is 5.91 Å². The number of hydrogen-bond donors (Lipinski definition) is 2. The molecule has 0 aliphatic carbocycles. The summed E-state index contributed by atoms with van der Waals surface area (Å²) in [4.78, 5) is 25.8. The Bertz CT molecular complexity index is 1150. The number of rotatable bonds is 6. The number of hydrogen-bond acceptors (Lipinski definition) is 4. The lowest BCUT2D eigenvalue weighted by molar-refractivity contribution is -0.115. The van der Waals surface area contributed by atoms with E-state index in [1.54, 1.807) is 47.3 Å². The number of thiophene rings is 1. The molecule has 0 saturated carbocycles. The molecule has 0 bridgehead atoms. The third-order valence-corrected chi connectivity index (χ3v) is 5.42. The molecule has 150 valence electrons. The number of nitrogens with zero attached hydrogens (tertiary/aromatic N) is 2. The Kier molecular flexibility index (Phi) is 5.67. The molecule has 0 aliphatic rings. The van der Waals surface area contributed by atoms with E-state index in [0.29, 0.717) is 10.6 Å². The van der Waals surface area contributed by atoms with Crippen LogP contribution in [0.5, 0.6) is 0 Å². The van der Waals surface area contributed by atoms with Crippen molar-refractivity contribution in [3.8, 4) is 16.1 Å². The molecule has 0 saturated heterocycles. The zero-order chi connectivity index (χ0) is 20.9. The van der Waals surface area contributed by atoms with Gasteiger partial charge in [-0.3, -0.25) is 9.59 Å².